The molecule has 0 radical (unpaired) electrons. The first kappa shape index (κ1) is 17.4. The molecule has 0 bridgehead atoms. The van der Waals surface area contributed by atoms with E-state index in [4.69, 9.17) is 0 Å². The molecule has 0 saturated carbocycles. The molecule has 24 heavy (non-hydrogen) atoms. The van der Waals surface area contributed by atoms with Gasteiger partial charge in [0.15, 0.2) is 0 Å². The zero-order chi connectivity index (χ0) is 17.3. The molecule has 130 valence electrons. The number of amides is 1. The third kappa shape index (κ3) is 3.65. The van der Waals surface area contributed by atoms with Crippen molar-refractivity contribution in [1.29, 1.82) is 5.26 Å². The summed E-state index contributed by atoms with van der Waals surface area (Å²) in [5.74, 6) is 0.655. The van der Waals surface area contributed by atoms with E-state index in [9.17, 15) is 10.1 Å². The number of fused-ring (bicyclic) bond motifs is 1. The van der Waals surface area contributed by atoms with Crippen LogP contribution in [0.1, 0.15) is 56.0 Å². The van der Waals surface area contributed by atoms with Gasteiger partial charge in [0.25, 0.3) is 0 Å². The van der Waals surface area contributed by atoms with Gasteiger partial charge in [-0.25, -0.2) is 0 Å². The van der Waals surface area contributed by atoms with Gasteiger partial charge in [-0.3, -0.25) is 9.69 Å². The van der Waals surface area contributed by atoms with Crippen LogP contribution in [0.2, 0.25) is 0 Å². The molecule has 3 rings (SSSR count). The predicted molar refractivity (Wildman–Crippen MR) is 98.3 cm³/mol. The van der Waals surface area contributed by atoms with Crippen molar-refractivity contribution in [1.82, 2.24) is 4.90 Å². The average Bonchev–Trinajstić information content (AvgIpc) is 3.12. The average molecular weight is 346 g/mol. The summed E-state index contributed by atoms with van der Waals surface area (Å²) in [6.07, 6.45) is 5.47. The molecule has 0 aromatic carbocycles. The van der Waals surface area contributed by atoms with Gasteiger partial charge in [-0.15, -0.1) is 11.3 Å². The Morgan fingerprint density at radius 3 is 2.71 bits per heavy atom. The lowest BCUT2D eigenvalue weighted by atomic mass is 9.72. The summed E-state index contributed by atoms with van der Waals surface area (Å²) in [6, 6.07) is 2.34. The van der Waals surface area contributed by atoms with Crippen LogP contribution in [-0.2, 0) is 17.6 Å². The lowest BCUT2D eigenvalue weighted by molar-refractivity contribution is -0.117. The zero-order valence-corrected chi connectivity index (χ0v) is 15.8. The van der Waals surface area contributed by atoms with Crippen LogP contribution < -0.4 is 5.32 Å². The summed E-state index contributed by atoms with van der Waals surface area (Å²) in [5.41, 5.74) is 2.17. The number of carbonyl (C=O) groups excluding carboxylic acids is 1. The summed E-state index contributed by atoms with van der Waals surface area (Å²) in [5, 5.41) is 13.4. The van der Waals surface area contributed by atoms with E-state index in [1.54, 1.807) is 11.3 Å². The Kier molecular flexibility index (Phi) is 4.98. The predicted octanol–water partition coefficient (Wildman–Crippen LogP) is 3.81. The smallest absolute Gasteiger partial charge is 0.239 e. The van der Waals surface area contributed by atoms with Crippen LogP contribution in [-0.4, -0.2) is 30.4 Å². The second-order valence-corrected chi connectivity index (χ2v) is 9.26. The lowest BCUT2D eigenvalue weighted by Crippen LogP contribution is -2.30. The van der Waals surface area contributed by atoms with Crippen LogP contribution in [0.25, 0.3) is 0 Å². The van der Waals surface area contributed by atoms with Crippen LogP contribution in [0.15, 0.2) is 0 Å². The number of nitriles is 1. The first-order valence-corrected chi connectivity index (χ1v) is 9.77. The quantitative estimate of drug-likeness (QED) is 0.906. The van der Waals surface area contributed by atoms with Gasteiger partial charge in [-0.2, -0.15) is 5.26 Å². The molecule has 0 spiro atoms. The number of nitrogens with zero attached hydrogens (tertiary/aromatic N) is 2. The number of hydrogen-bond acceptors (Lipinski definition) is 4. The van der Waals surface area contributed by atoms with Crippen molar-refractivity contribution < 1.29 is 4.79 Å². The molecule has 0 unspecified atom stereocenters. The minimum atomic E-state index is 0.0133. The Bertz CT molecular complexity index is 659. The minimum absolute atomic E-state index is 0.0133. The third-order valence-corrected chi connectivity index (χ3v) is 6.59. The Balaban J connectivity index is 1.74. The van der Waals surface area contributed by atoms with Gasteiger partial charge in [-0.05, 0) is 62.1 Å². The molecule has 2 heterocycles. The number of carbonyl (C=O) groups is 1. The zero-order valence-electron chi connectivity index (χ0n) is 14.9. The SMILES string of the molecule is CC(C)(C)[C@@H]1CCc2c(sc(NC(=O)CN3CCCC3)c2C#N)C1. The first-order valence-electron chi connectivity index (χ1n) is 8.95. The molecular formula is C19H27N3OS. The summed E-state index contributed by atoms with van der Waals surface area (Å²) in [7, 11) is 0. The third-order valence-electron chi connectivity index (χ3n) is 5.42. The first-order chi connectivity index (χ1) is 11.4. The highest BCUT2D eigenvalue weighted by Crippen LogP contribution is 2.43. The van der Waals surface area contributed by atoms with Crippen molar-refractivity contribution in [3.8, 4) is 6.07 Å². The molecule has 1 fully saturated rings. The van der Waals surface area contributed by atoms with E-state index < -0.39 is 0 Å². The van der Waals surface area contributed by atoms with E-state index in [1.165, 1.54) is 23.3 Å². The number of rotatable bonds is 3. The van der Waals surface area contributed by atoms with Crippen molar-refractivity contribution in [2.24, 2.45) is 11.3 Å². The Morgan fingerprint density at radius 2 is 2.08 bits per heavy atom. The van der Waals surface area contributed by atoms with Gasteiger partial charge in [-0.1, -0.05) is 20.8 Å². The molecule has 1 aliphatic carbocycles. The fourth-order valence-electron chi connectivity index (χ4n) is 3.84. The fraction of sp³-hybridized carbons (Fsp3) is 0.684. The van der Waals surface area contributed by atoms with Gasteiger partial charge < -0.3 is 5.32 Å². The maximum Gasteiger partial charge on any atom is 0.239 e. The van der Waals surface area contributed by atoms with Gasteiger partial charge in [0.1, 0.15) is 11.1 Å². The molecule has 1 aromatic rings. The molecule has 1 amide bonds. The highest BCUT2D eigenvalue weighted by atomic mass is 32.1. The monoisotopic (exact) mass is 345 g/mol. The van der Waals surface area contributed by atoms with E-state index in [0.29, 0.717) is 18.0 Å². The van der Waals surface area contributed by atoms with Crippen LogP contribution in [0.5, 0.6) is 0 Å². The van der Waals surface area contributed by atoms with Gasteiger partial charge in [0.05, 0.1) is 12.1 Å². The summed E-state index contributed by atoms with van der Waals surface area (Å²) in [6.45, 7) is 9.33. The van der Waals surface area contributed by atoms with E-state index in [-0.39, 0.29) is 11.3 Å². The molecule has 4 nitrogen and oxygen atoms in total. The molecule has 2 aliphatic rings. The Hall–Kier alpha value is -1.38. The number of anilines is 1. The maximum absolute atomic E-state index is 12.3. The molecule has 5 heteroatoms. The number of nitrogens with one attached hydrogen (secondary N) is 1. The molecule has 1 atom stereocenters. The van der Waals surface area contributed by atoms with Crippen molar-refractivity contribution in [2.75, 3.05) is 25.0 Å². The van der Waals surface area contributed by atoms with Gasteiger partial charge in [0.2, 0.25) is 5.91 Å². The van der Waals surface area contributed by atoms with Crippen LogP contribution in [0.4, 0.5) is 5.00 Å². The summed E-state index contributed by atoms with van der Waals surface area (Å²) < 4.78 is 0. The minimum Gasteiger partial charge on any atom is -0.315 e. The highest BCUT2D eigenvalue weighted by molar-refractivity contribution is 7.16. The van der Waals surface area contributed by atoms with Crippen LogP contribution >= 0.6 is 11.3 Å². The van der Waals surface area contributed by atoms with E-state index in [1.807, 2.05) is 0 Å². The van der Waals surface area contributed by atoms with E-state index >= 15 is 0 Å². The van der Waals surface area contributed by atoms with Gasteiger partial charge >= 0.3 is 0 Å². The Labute approximate surface area is 148 Å². The summed E-state index contributed by atoms with van der Waals surface area (Å²) in [4.78, 5) is 15.8. The molecule has 1 aromatic heterocycles. The lowest BCUT2D eigenvalue weighted by Gasteiger charge is -2.33. The second kappa shape index (κ2) is 6.85. The largest absolute Gasteiger partial charge is 0.315 e. The topological polar surface area (TPSA) is 56.1 Å². The molecular weight excluding hydrogens is 318 g/mol. The molecule has 1 aliphatic heterocycles. The molecule has 1 N–H and O–H groups in total. The van der Waals surface area contributed by atoms with Crippen molar-refractivity contribution in [3.05, 3.63) is 16.0 Å². The van der Waals surface area contributed by atoms with E-state index in [2.05, 4.69) is 37.1 Å². The van der Waals surface area contributed by atoms with Gasteiger partial charge in [0, 0.05) is 4.88 Å². The second-order valence-electron chi connectivity index (χ2n) is 8.16. The van der Waals surface area contributed by atoms with Crippen LogP contribution in [0.3, 0.4) is 0 Å². The number of likely N-dealkylation sites (tertiary alicyclic amines) is 1. The van der Waals surface area contributed by atoms with Crippen molar-refractivity contribution >= 4 is 22.2 Å². The normalized spacial score (nSPS) is 21.3. The fourth-order valence-corrected chi connectivity index (χ4v) is 5.14. The van der Waals surface area contributed by atoms with E-state index in [0.717, 1.165) is 37.4 Å². The molecule has 1 saturated heterocycles. The number of hydrogen-bond donors (Lipinski definition) is 1. The maximum atomic E-state index is 12.3. The standard InChI is InChI=1S/C19H27N3OS/c1-19(2,3)13-6-7-14-15(11-20)18(24-16(14)10-13)21-17(23)12-22-8-4-5-9-22/h13H,4-10,12H2,1-3H3,(H,21,23)/t13-/m1/s1. The van der Waals surface area contributed by atoms with Crippen molar-refractivity contribution in [2.45, 2.75) is 52.9 Å². The van der Waals surface area contributed by atoms with Crippen molar-refractivity contribution in [3.63, 3.8) is 0 Å². The van der Waals surface area contributed by atoms with Crippen LogP contribution in [0, 0.1) is 22.7 Å². The highest BCUT2D eigenvalue weighted by Gasteiger charge is 2.32. The number of thiophene rings is 1. The summed E-state index contributed by atoms with van der Waals surface area (Å²) >= 11 is 1.62. The Morgan fingerprint density at radius 1 is 1.38 bits per heavy atom.